The molecule has 2 amide bonds. The Labute approximate surface area is 190 Å². The summed E-state index contributed by atoms with van der Waals surface area (Å²) in [6.45, 7) is 1.57. The van der Waals surface area contributed by atoms with E-state index in [4.69, 9.17) is 9.15 Å². The lowest BCUT2D eigenvalue weighted by Gasteiger charge is -2.19. The van der Waals surface area contributed by atoms with Gasteiger partial charge in [-0.25, -0.2) is 4.79 Å². The zero-order valence-electron chi connectivity index (χ0n) is 18.0. The van der Waals surface area contributed by atoms with Crippen molar-refractivity contribution in [3.8, 4) is 11.3 Å². The van der Waals surface area contributed by atoms with Crippen LogP contribution in [0.2, 0.25) is 0 Å². The zero-order valence-corrected chi connectivity index (χ0v) is 18.0. The largest absolute Gasteiger partial charge is 0.450 e. The topological polar surface area (TPSA) is 106 Å². The monoisotopic (exact) mass is 446 g/mol. The third-order valence-electron chi connectivity index (χ3n) is 5.26. The second kappa shape index (κ2) is 9.52. The van der Waals surface area contributed by atoms with E-state index >= 15 is 0 Å². The standard InChI is InChI=1S/C25H22N2O6/c1-16(28)17-8-10-18(11-9-17)21-12-13-22(33-21)25(31)32-15-23(29)26-19-5-2-3-6-20(19)27-14-4-7-24(27)30/h2-3,5-6,8-13H,4,7,14-15H2,1H3,(H,26,29). The van der Waals surface area contributed by atoms with Crippen molar-refractivity contribution in [1.82, 2.24) is 0 Å². The molecule has 3 aromatic rings. The van der Waals surface area contributed by atoms with Gasteiger partial charge >= 0.3 is 5.97 Å². The van der Waals surface area contributed by atoms with Crippen molar-refractivity contribution in [2.75, 3.05) is 23.4 Å². The molecule has 1 N–H and O–H groups in total. The first-order chi connectivity index (χ1) is 15.9. The normalized spacial score (nSPS) is 13.1. The Morgan fingerprint density at radius 2 is 1.79 bits per heavy atom. The molecule has 1 aliphatic heterocycles. The Kier molecular flexibility index (Phi) is 6.35. The molecule has 4 rings (SSSR count). The number of amides is 2. The number of nitrogens with one attached hydrogen (secondary N) is 1. The van der Waals surface area contributed by atoms with Crippen LogP contribution >= 0.6 is 0 Å². The Balaban J connectivity index is 1.36. The number of rotatable bonds is 7. The Morgan fingerprint density at radius 3 is 2.48 bits per heavy atom. The fraction of sp³-hybridized carbons (Fsp3) is 0.200. The van der Waals surface area contributed by atoms with Gasteiger partial charge in [0.15, 0.2) is 12.4 Å². The molecule has 33 heavy (non-hydrogen) atoms. The van der Waals surface area contributed by atoms with Gasteiger partial charge in [0.25, 0.3) is 5.91 Å². The molecule has 1 aromatic heterocycles. The van der Waals surface area contributed by atoms with Crippen molar-refractivity contribution in [2.45, 2.75) is 19.8 Å². The van der Waals surface area contributed by atoms with E-state index in [1.54, 1.807) is 59.5 Å². The van der Waals surface area contributed by atoms with E-state index in [0.29, 0.717) is 41.2 Å². The highest BCUT2D eigenvalue weighted by Gasteiger charge is 2.24. The molecule has 0 radical (unpaired) electrons. The first kappa shape index (κ1) is 22.0. The number of anilines is 2. The molecule has 1 saturated heterocycles. The molecule has 0 saturated carbocycles. The van der Waals surface area contributed by atoms with E-state index < -0.39 is 18.5 Å². The van der Waals surface area contributed by atoms with Crippen LogP contribution in [-0.2, 0) is 14.3 Å². The van der Waals surface area contributed by atoms with Crippen molar-refractivity contribution >= 4 is 34.9 Å². The van der Waals surface area contributed by atoms with Crippen molar-refractivity contribution in [3.63, 3.8) is 0 Å². The maximum absolute atomic E-state index is 12.4. The van der Waals surface area contributed by atoms with Crippen LogP contribution in [0.25, 0.3) is 11.3 Å². The molecule has 0 spiro atoms. The number of hydrogen-bond acceptors (Lipinski definition) is 6. The molecular weight excluding hydrogens is 424 g/mol. The molecule has 8 nitrogen and oxygen atoms in total. The number of nitrogens with zero attached hydrogens (tertiary/aromatic N) is 1. The van der Waals surface area contributed by atoms with E-state index in [-0.39, 0.29) is 17.5 Å². The van der Waals surface area contributed by atoms with Gasteiger partial charge in [0.1, 0.15) is 5.76 Å². The van der Waals surface area contributed by atoms with Gasteiger partial charge in [0.2, 0.25) is 11.7 Å². The average Bonchev–Trinajstić information content (AvgIpc) is 3.47. The summed E-state index contributed by atoms with van der Waals surface area (Å²) in [4.78, 5) is 49.8. The molecule has 2 aromatic carbocycles. The average molecular weight is 446 g/mol. The van der Waals surface area contributed by atoms with E-state index in [0.717, 1.165) is 6.42 Å². The highest BCUT2D eigenvalue weighted by atomic mass is 16.5. The van der Waals surface area contributed by atoms with Gasteiger partial charge in [-0.3, -0.25) is 14.4 Å². The lowest BCUT2D eigenvalue weighted by atomic mass is 10.1. The van der Waals surface area contributed by atoms with Crippen molar-refractivity contribution in [3.05, 3.63) is 72.0 Å². The number of carbonyl (C=O) groups is 4. The summed E-state index contributed by atoms with van der Waals surface area (Å²) in [5, 5.41) is 2.69. The van der Waals surface area contributed by atoms with Crippen LogP contribution in [0.1, 0.15) is 40.7 Å². The van der Waals surface area contributed by atoms with E-state index in [1.165, 1.54) is 13.0 Å². The molecule has 0 atom stereocenters. The molecule has 1 aliphatic rings. The SMILES string of the molecule is CC(=O)c1ccc(-c2ccc(C(=O)OCC(=O)Nc3ccccc3N3CCCC3=O)o2)cc1. The number of para-hydroxylation sites is 2. The van der Waals surface area contributed by atoms with Crippen LogP contribution in [0.4, 0.5) is 11.4 Å². The molecular formula is C25H22N2O6. The lowest BCUT2D eigenvalue weighted by Crippen LogP contribution is -2.26. The minimum Gasteiger partial charge on any atom is -0.450 e. The van der Waals surface area contributed by atoms with E-state index in [2.05, 4.69) is 5.32 Å². The second-order valence-electron chi connectivity index (χ2n) is 7.59. The highest BCUT2D eigenvalue weighted by molar-refractivity contribution is 6.02. The first-order valence-electron chi connectivity index (χ1n) is 10.5. The number of Topliss-reactive ketones (excluding diaryl/α,β-unsaturated/α-hetero) is 1. The first-order valence-corrected chi connectivity index (χ1v) is 10.5. The van der Waals surface area contributed by atoms with E-state index in [1.807, 2.05) is 0 Å². The van der Waals surface area contributed by atoms with Gasteiger partial charge in [-0.05, 0) is 37.6 Å². The van der Waals surface area contributed by atoms with Gasteiger partial charge in [0, 0.05) is 24.1 Å². The van der Waals surface area contributed by atoms with Crippen LogP contribution in [0.15, 0.2) is 65.1 Å². The molecule has 0 unspecified atom stereocenters. The summed E-state index contributed by atoms with van der Waals surface area (Å²) in [5.74, 6) is -0.957. The Hall–Kier alpha value is -4.20. The fourth-order valence-electron chi connectivity index (χ4n) is 3.58. The quantitative estimate of drug-likeness (QED) is 0.433. The van der Waals surface area contributed by atoms with Gasteiger partial charge in [-0.15, -0.1) is 0 Å². The van der Waals surface area contributed by atoms with Gasteiger partial charge < -0.3 is 19.4 Å². The summed E-state index contributed by atoms with van der Waals surface area (Å²) in [7, 11) is 0. The number of ether oxygens (including phenoxy) is 1. The number of esters is 1. The third-order valence-corrected chi connectivity index (χ3v) is 5.26. The summed E-state index contributed by atoms with van der Waals surface area (Å²) in [6.07, 6.45) is 1.25. The minimum absolute atomic E-state index is 0.00711. The van der Waals surface area contributed by atoms with Crippen LogP contribution in [0, 0.1) is 0 Å². The number of carbonyl (C=O) groups excluding carboxylic acids is 4. The third kappa shape index (κ3) is 5.01. The molecule has 0 bridgehead atoms. The fourth-order valence-corrected chi connectivity index (χ4v) is 3.58. The van der Waals surface area contributed by atoms with Gasteiger partial charge in [-0.2, -0.15) is 0 Å². The molecule has 0 aliphatic carbocycles. The Bertz CT molecular complexity index is 1210. The van der Waals surface area contributed by atoms with Gasteiger partial charge in [0.05, 0.1) is 11.4 Å². The van der Waals surface area contributed by atoms with Crippen LogP contribution < -0.4 is 10.2 Å². The molecule has 168 valence electrons. The smallest absolute Gasteiger partial charge is 0.374 e. The number of benzene rings is 2. The number of hydrogen-bond donors (Lipinski definition) is 1. The summed E-state index contributed by atoms with van der Waals surface area (Å²) >= 11 is 0. The van der Waals surface area contributed by atoms with Crippen LogP contribution in [0.5, 0.6) is 0 Å². The van der Waals surface area contributed by atoms with Crippen molar-refractivity contribution in [1.29, 1.82) is 0 Å². The number of ketones is 1. The summed E-state index contributed by atoms with van der Waals surface area (Å²) in [6, 6.07) is 16.9. The number of furan rings is 1. The van der Waals surface area contributed by atoms with Crippen molar-refractivity contribution in [2.24, 2.45) is 0 Å². The maximum Gasteiger partial charge on any atom is 0.374 e. The second-order valence-corrected chi connectivity index (χ2v) is 7.59. The highest BCUT2D eigenvalue weighted by Crippen LogP contribution is 2.29. The molecule has 1 fully saturated rings. The summed E-state index contributed by atoms with van der Waals surface area (Å²) in [5.41, 5.74) is 2.37. The van der Waals surface area contributed by atoms with Gasteiger partial charge in [-0.1, -0.05) is 36.4 Å². The van der Waals surface area contributed by atoms with E-state index in [9.17, 15) is 19.2 Å². The zero-order chi connectivity index (χ0) is 23.4. The predicted octanol–water partition coefficient (Wildman–Crippen LogP) is 4.07. The molecule has 8 heteroatoms. The Morgan fingerprint density at radius 1 is 1.03 bits per heavy atom. The van der Waals surface area contributed by atoms with Crippen LogP contribution in [0.3, 0.4) is 0 Å². The lowest BCUT2D eigenvalue weighted by molar-refractivity contribution is -0.119. The van der Waals surface area contributed by atoms with Crippen LogP contribution in [-0.4, -0.2) is 36.7 Å². The molecule has 2 heterocycles. The minimum atomic E-state index is -0.778. The van der Waals surface area contributed by atoms with Crippen molar-refractivity contribution < 1.29 is 28.3 Å². The summed E-state index contributed by atoms with van der Waals surface area (Å²) < 4.78 is 10.6. The predicted molar refractivity (Wildman–Crippen MR) is 121 cm³/mol. The maximum atomic E-state index is 12.4.